The van der Waals surface area contributed by atoms with E-state index in [0.717, 1.165) is 34.4 Å². The summed E-state index contributed by atoms with van der Waals surface area (Å²) >= 11 is 0. The van der Waals surface area contributed by atoms with Gasteiger partial charge in [-0.1, -0.05) is 69.5 Å². The maximum Gasteiger partial charge on any atom is 0.270 e. The van der Waals surface area contributed by atoms with Crippen molar-refractivity contribution in [3.8, 4) is 17.2 Å². The Bertz CT molecular complexity index is 1770. The van der Waals surface area contributed by atoms with Crippen LogP contribution in [-0.4, -0.2) is 27.6 Å². The normalized spacial score (nSPS) is 14.6. The Labute approximate surface area is 270 Å². The van der Waals surface area contributed by atoms with Gasteiger partial charge in [0.05, 0.1) is 6.61 Å². The molecule has 1 aliphatic carbocycles. The van der Waals surface area contributed by atoms with Gasteiger partial charge < -0.3 is 19.3 Å². The van der Waals surface area contributed by atoms with E-state index in [0.29, 0.717) is 29.8 Å². The number of aromatic nitrogens is 3. The minimum Gasteiger partial charge on any atom is -0.493 e. The average molecular weight is 619 g/mol. The molecule has 2 heterocycles. The number of pyridine rings is 1. The van der Waals surface area contributed by atoms with Crippen molar-refractivity contribution in [1.29, 1.82) is 0 Å². The van der Waals surface area contributed by atoms with Crippen molar-refractivity contribution in [3.63, 3.8) is 0 Å². The van der Waals surface area contributed by atoms with Crippen molar-refractivity contribution in [2.45, 2.75) is 77.7 Å². The molecule has 0 saturated heterocycles. The number of hydrogen-bond acceptors (Lipinski definition) is 7. The number of rotatable bonds is 10. The van der Waals surface area contributed by atoms with Gasteiger partial charge in [0.1, 0.15) is 29.0 Å². The van der Waals surface area contributed by atoms with E-state index in [4.69, 9.17) is 14.0 Å². The van der Waals surface area contributed by atoms with Gasteiger partial charge in [-0.3, -0.25) is 9.78 Å². The molecule has 6 rings (SSSR count). The summed E-state index contributed by atoms with van der Waals surface area (Å²) in [6.07, 6.45) is 8.59. The van der Waals surface area contributed by atoms with Crippen LogP contribution in [0.2, 0.25) is 0 Å². The molecular weight excluding hydrogens is 576 g/mol. The number of aryl methyl sites for hydroxylation is 1. The van der Waals surface area contributed by atoms with Gasteiger partial charge in [-0.05, 0) is 96.1 Å². The van der Waals surface area contributed by atoms with E-state index in [1.165, 1.54) is 37.7 Å². The summed E-state index contributed by atoms with van der Waals surface area (Å²) in [5.41, 5.74) is 2.60. The largest absolute Gasteiger partial charge is 0.493 e. The maximum absolute atomic E-state index is 13.5. The molecule has 1 atom stereocenters. The second-order valence-electron chi connectivity index (χ2n) is 13.3. The fraction of sp³-hybridized carbons (Fsp3) is 0.368. The predicted octanol–water partition coefficient (Wildman–Crippen LogP) is 8.69. The second-order valence-corrected chi connectivity index (χ2v) is 13.3. The van der Waals surface area contributed by atoms with E-state index >= 15 is 0 Å². The van der Waals surface area contributed by atoms with Gasteiger partial charge in [-0.15, -0.1) is 0 Å². The fourth-order valence-electron chi connectivity index (χ4n) is 5.88. The quantitative estimate of drug-likeness (QED) is 0.167. The standard InChI is InChI=1S/C38H42N4O4/c1-25-40-37(46-42-25)35(20-26-10-15-31(16-11-26)44-24-27-8-6-5-7-9-27)41-36(43)34-22-29-21-33(17-12-28(29)23-39-34)45-32-18-13-30(14-19-32)38(2,3)4/h10-19,21-23,27,35H,5-9,20,24H2,1-4H3,(H,41,43)/t35-/m0/s1. The molecule has 1 fully saturated rings. The number of amides is 1. The smallest absolute Gasteiger partial charge is 0.270 e. The van der Waals surface area contributed by atoms with E-state index < -0.39 is 6.04 Å². The molecule has 2 aromatic heterocycles. The zero-order valence-corrected chi connectivity index (χ0v) is 27.1. The molecule has 0 radical (unpaired) electrons. The van der Waals surface area contributed by atoms with Crippen LogP contribution in [0.4, 0.5) is 0 Å². The number of carbonyl (C=O) groups is 1. The van der Waals surface area contributed by atoms with Crippen LogP contribution in [0.25, 0.3) is 10.8 Å². The van der Waals surface area contributed by atoms with Gasteiger partial charge in [0, 0.05) is 18.0 Å². The molecule has 3 aromatic carbocycles. The lowest BCUT2D eigenvalue weighted by Gasteiger charge is -2.21. The number of fused-ring (bicyclic) bond motifs is 1. The van der Waals surface area contributed by atoms with Crippen molar-refractivity contribution in [2.75, 3.05) is 6.61 Å². The van der Waals surface area contributed by atoms with Crippen molar-refractivity contribution in [2.24, 2.45) is 5.92 Å². The van der Waals surface area contributed by atoms with Gasteiger partial charge >= 0.3 is 0 Å². The fourth-order valence-corrected chi connectivity index (χ4v) is 5.88. The Balaban J connectivity index is 1.14. The summed E-state index contributed by atoms with van der Waals surface area (Å²) in [5.74, 6) is 3.44. The summed E-state index contributed by atoms with van der Waals surface area (Å²) < 4.78 is 17.7. The topological polar surface area (TPSA) is 99.4 Å². The second kappa shape index (κ2) is 13.7. The first-order valence-corrected chi connectivity index (χ1v) is 16.2. The van der Waals surface area contributed by atoms with Crippen molar-refractivity contribution >= 4 is 16.7 Å². The number of carbonyl (C=O) groups excluding carboxylic acids is 1. The lowest BCUT2D eigenvalue weighted by atomic mass is 9.87. The lowest BCUT2D eigenvalue weighted by molar-refractivity contribution is 0.0923. The molecule has 1 saturated carbocycles. The summed E-state index contributed by atoms with van der Waals surface area (Å²) in [5, 5.41) is 8.78. The SMILES string of the molecule is Cc1noc([C@H](Cc2ccc(OCC3CCCCC3)cc2)NC(=O)c2cc3cc(Oc4ccc(C(C)(C)C)cc4)ccc3cn2)n1. The van der Waals surface area contributed by atoms with E-state index in [1.807, 2.05) is 54.6 Å². The van der Waals surface area contributed by atoms with Gasteiger partial charge in [-0.2, -0.15) is 4.98 Å². The first-order valence-electron chi connectivity index (χ1n) is 16.2. The van der Waals surface area contributed by atoms with Crippen LogP contribution in [0.1, 0.15) is 92.2 Å². The van der Waals surface area contributed by atoms with Crippen LogP contribution in [0.3, 0.4) is 0 Å². The molecule has 238 valence electrons. The molecule has 5 aromatic rings. The summed E-state index contributed by atoms with van der Waals surface area (Å²) in [7, 11) is 0. The van der Waals surface area contributed by atoms with E-state index in [2.05, 4.69) is 53.3 Å². The number of ether oxygens (including phenoxy) is 2. The molecule has 46 heavy (non-hydrogen) atoms. The molecule has 1 amide bonds. The van der Waals surface area contributed by atoms with Crippen LogP contribution in [0, 0.1) is 12.8 Å². The molecule has 1 N–H and O–H groups in total. The van der Waals surface area contributed by atoms with E-state index in [-0.39, 0.29) is 17.0 Å². The Morgan fingerprint density at radius 3 is 2.33 bits per heavy atom. The number of hydrogen-bond donors (Lipinski definition) is 1. The van der Waals surface area contributed by atoms with Crippen LogP contribution in [0.15, 0.2) is 83.5 Å². The highest BCUT2D eigenvalue weighted by molar-refractivity contribution is 5.96. The van der Waals surface area contributed by atoms with Crippen LogP contribution >= 0.6 is 0 Å². The average Bonchev–Trinajstić information content (AvgIpc) is 3.50. The summed E-state index contributed by atoms with van der Waals surface area (Å²) in [6.45, 7) is 9.07. The van der Waals surface area contributed by atoms with Crippen LogP contribution in [0.5, 0.6) is 17.2 Å². The monoisotopic (exact) mass is 618 g/mol. The third-order valence-electron chi connectivity index (χ3n) is 8.60. The molecular formula is C38H42N4O4. The molecule has 0 spiro atoms. The highest BCUT2D eigenvalue weighted by Gasteiger charge is 2.23. The van der Waals surface area contributed by atoms with Crippen molar-refractivity contribution in [3.05, 3.63) is 108 Å². The minimum absolute atomic E-state index is 0.0696. The van der Waals surface area contributed by atoms with Crippen molar-refractivity contribution < 1.29 is 18.8 Å². The lowest BCUT2D eigenvalue weighted by Crippen LogP contribution is -2.31. The Morgan fingerprint density at radius 1 is 0.913 bits per heavy atom. The number of nitrogens with zero attached hydrogens (tertiary/aromatic N) is 3. The zero-order chi connectivity index (χ0) is 32.1. The number of benzene rings is 3. The number of nitrogens with one attached hydrogen (secondary N) is 1. The summed E-state index contributed by atoms with van der Waals surface area (Å²) in [4.78, 5) is 22.4. The Kier molecular flexibility index (Phi) is 9.33. The Hall–Kier alpha value is -4.72. The van der Waals surface area contributed by atoms with E-state index in [1.54, 1.807) is 19.2 Å². The van der Waals surface area contributed by atoms with Crippen molar-refractivity contribution in [1.82, 2.24) is 20.4 Å². The molecule has 1 aliphatic rings. The Morgan fingerprint density at radius 2 is 1.63 bits per heavy atom. The molecule has 0 aliphatic heterocycles. The highest BCUT2D eigenvalue weighted by atomic mass is 16.5. The van der Waals surface area contributed by atoms with Crippen LogP contribution in [-0.2, 0) is 11.8 Å². The molecule has 8 nitrogen and oxygen atoms in total. The minimum atomic E-state index is -0.536. The molecule has 0 unspecified atom stereocenters. The maximum atomic E-state index is 13.5. The third kappa shape index (κ3) is 7.91. The predicted molar refractivity (Wildman–Crippen MR) is 178 cm³/mol. The zero-order valence-electron chi connectivity index (χ0n) is 27.1. The third-order valence-corrected chi connectivity index (χ3v) is 8.60. The van der Waals surface area contributed by atoms with Crippen LogP contribution < -0.4 is 14.8 Å². The van der Waals surface area contributed by atoms with Gasteiger partial charge in [-0.25, -0.2) is 0 Å². The van der Waals surface area contributed by atoms with E-state index in [9.17, 15) is 4.79 Å². The van der Waals surface area contributed by atoms with Gasteiger partial charge in [0.15, 0.2) is 5.82 Å². The molecule has 8 heteroatoms. The van der Waals surface area contributed by atoms with Gasteiger partial charge in [0.2, 0.25) is 5.89 Å². The first kappa shape index (κ1) is 31.3. The first-order chi connectivity index (χ1) is 22.2. The highest BCUT2D eigenvalue weighted by Crippen LogP contribution is 2.30. The van der Waals surface area contributed by atoms with Gasteiger partial charge in [0.25, 0.3) is 5.91 Å². The molecule has 0 bridgehead atoms. The summed E-state index contributed by atoms with van der Waals surface area (Å²) in [6, 6.07) is 23.1.